The molecule has 114 valence electrons. The van der Waals surface area contributed by atoms with E-state index in [1.54, 1.807) is 0 Å². The van der Waals surface area contributed by atoms with Crippen molar-refractivity contribution in [3.05, 3.63) is 48.0 Å². The summed E-state index contributed by atoms with van der Waals surface area (Å²) in [6, 6.07) is 15.4. The maximum atomic E-state index is 6.05. The summed E-state index contributed by atoms with van der Waals surface area (Å²) in [7, 11) is 2.03. The lowest BCUT2D eigenvalue weighted by molar-refractivity contribution is -0.0533. The second-order valence-electron chi connectivity index (χ2n) is 5.78. The van der Waals surface area contributed by atoms with Gasteiger partial charge < -0.3 is 10.1 Å². The maximum absolute atomic E-state index is 6.05. The molecule has 0 saturated heterocycles. The first-order chi connectivity index (χ1) is 10.1. The highest BCUT2D eigenvalue weighted by Crippen LogP contribution is 2.26. The third-order valence-electron chi connectivity index (χ3n) is 4.57. The van der Waals surface area contributed by atoms with Crippen molar-refractivity contribution in [1.29, 1.82) is 0 Å². The van der Waals surface area contributed by atoms with Crippen LogP contribution in [0.3, 0.4) is 0 Å². The highest BCUT2D eigenvalue weighted by atomic mass is 16.5. The summed E-state index contributed by atoms with van der Waals surface area (Å²) in [5, 5.41) is 6.11. The fourth-order valence-electron chi connectivity index (χ4n) is 3.09. The van der Waals surface area contributed by atoms with Crippen molar-refractivity contribution in [1.82, 2.24) is 5.32 Å². The first-order valence-corrected chi connectivity index (χ1v) is 7.92. The standard InChI is InChI=1S/C19H27NO/c1-5-19(3,21-6-2)18(20-4)14-16-12-9-11-15-10-7-8-13-17(15)16/h7-13,18,20H,5-6,14H2,1-4H3. The number of rotatable bonds is 7. The molecule has 2 unspecified atom stereocenters. The highest BCUT2D eigenvalue weighted by molar-refractivity contribution is 5.85. The molecule has 0 aromatic heterocycles. The average molecular weight is 285 g/mol. The molecule has 0 fully saturated rings. The number of fused-ring (bicyclic) bond motifs is 1. The molecule has 2 aromatic rings. The Hall–Kier alpha value is -1.38. The predicted octanol–water partition coefficient (Wildman–Crippen LogP) is 4.18. The molecular weight excluding hydrogens is 258 g/mol. The van der Waals surface area contributed by atoms with E-state index in [1.807, 2.05) is 7.05 Å². The van der Waals surface area contributed by atoms with Gasteiger partial charge in [0.15, 0.2) is 0 Å². The monoisotopic (exact) mass is 285 g/mol. The fraction of sp³-hybridized carbons (Fsp3) is 0.474. The highest BCUT2D eigenvalue weighted by Gasteiger charge is 2.32. The molecule has 0 amide bonds. The second-order valence-corrected chi connectivity index (χ2v) is 5.78. The molecule has 0 spiro atoms. The van der Waals surface area contributed by atoms with E-state index in [0.29, 0.717) is 6.04 Å². The minimum absolute atomic E-state index is 0.138. The van der Waals surface area contributed by atoms with Crippen LogP contribution in [0.25, 0.3) is 10.8 Å². The van der Waals surface area contributed by atoms with Gasteiger partial charge in [0.1, 0.15) is 0 Å². The Kier molecular flexibility index (Phi) is 5.38. The Bertz CT molecular complexity index is 575. The molecule has 0 heterocycles. The summed E-state index contributed by atoms with van der Waals surface area (Å²) in [6.07, 6.45) is 1.97. The first kappa shape index (κ1) is 16.0. The lowest BCUT2D eigenvalue weighted by atomic mass is 9.87. The van der Waals surface area contributed by atoms with E-state index in [1.165, 1.54) is 16.3 Å². The quantitative estimate of drug-likeness (QED) is 0.824. The SMILES string of the molecule is CCOC(C)(CC)C(Cc1cccc2ccccc12)NC. The zero-order valence-electron chi connectivity index (χ0n) is 13.6. The summed E-state index contributed by atoms with van der Waals surface area (Å²) in [4.78, 5) is 0. The molecule has 2 rings (SSSR count). The van der Waals surface area contributed by atoms with E-state index < -0.39 is 0 Å². The van der Waals surface area contributed by atoms with Gasteiger partial charge in [-0.1, -0.05) is 49.4 Å². The molecular formula is C19H27NO. The summed E-state index contributed by atoms with van der Waals surface area (Å²) in [5.74, 6) is 0. The lowest BCUT2D eigenvalue weighted by Gasteiger charge is -2.37. The number of nitrogens with one attached hydrogen (secondary N) is 1. The van der Waals surface area contributed by atoms with Crippen molar-refractivity contribution < 1.29 is 4.74 Å². The Balaban J connectivity index is 2.32. The van der Waals surface area contributed by atoms with Crippen molar-refractivity contribution in [3.8, 4) is 0 Å². The number of hydrogen-bond donors (Lipinski definition) is 1. The molecule has 0 aliphatic heterocycles. The third kappa shape index (κ3) is 3.45. The molecule has 0 bridgehead atoms. The van der Waals surface area contributed by atoms with E-state index in [9.17, 15) is 0 Å². The van der Waals surface area contributed by atoms with Gasteiger partial charge >= 0.3 is 0 Å². The summed E-state index contributed by atoms with van der Waals surface area (Å²) in [5.41, 5.74) is 1.24. The van der Waals surface area contributed by atoms with E-state index in [4.69, 9.17) is 4.74 Å². The molecule has 2 nitrogen and oxygen atoms in total. The first-order valence-electron chi connectivity index (χ1n) is 7.92. The minimum Gasteiger partial charge on any atom is -0.374 e. The van der Waals surface area contributed by atoms with Gasteiger partial charge in [-0.3, -0.25) is 0 Å². The zero-order chi connectivity index (χ0) is 15.3. The van der Waals surface area contributed by atoms with Gasteiger partial charge in [0, 0.05) is 12.6 Å². The third-order valence-corrected chi connectivity index (χ3v) is 4.57. The van der Waals surface area contributed by atoms with Crippen molar-refractivity contribution in [3.63, 3.8) is 0 Å². The summed E-state index contributed by atoms with van der Waals surface area (Å²) in [6.45, 7) is 7.22. The number of hydrogen-bond acceptors (Lipinski definition) is 2. The minimum atomic E-state index is -0.138. The molecule has 2 heteroatoms. The Morgan fingerprint density at radius 1 is 1.10 bits per heavy atom. The van der Waals surface area contributed by atoms with Gasteiger partial charge in [0.25, 0.3) is 0 Å². The molecule has 0 radical (unpaired) electrons. The molecule has 0 saturated carbocycles. The smallest absolute Gasteiger partial charge is 0.0807 e. The maximum Gasteiger partial charge on any atom is 0.0807 e. The van der Waals surface area contributed by atoms with E-state index in [-0.39, 0.29) is 5.60 Å². The van der Waals surface area contributed by atoms with Crippen LogP contribution in [0, 0.1) is 0 Å². The average Bonchev–Trinajstić information content (AvgIpc) is 2.52. The number of benzene rings is 2. The Morgan fingerprint density at radius 2 is 1.81 bits per heavy atom. The molecule has 2 atom stereocenters. The van der Waals surface area contributed by atoms with Gasteiger partial charge in [-0.05, 0) is 50.1 Å². The van der Waals surface area contributed by atoms with Crippen LogP contribution in [0.15, 0.2) is 42.5 Å². The molecule has 21 heavy (non-hydrogen) atoms. The predicted molar refractivity (Wildman–Crippen MR) is 90.8 cm³/mol. The van der Waals surface area contributed by atoms with Crippen LogP contribution in [-0.4, -0.2) is 25.3 Å². The van der Waals surface area contributed by atoms with Crippen LogP contribution < -0.4 is 5.32 Å². The van der Waals surface area contributed by atoms with E-state index in [0.717, 1.165) is 19.4 Å². The zero-order valence-corrected chi connectivity index (χ0v) is 13.6. The summed E-state index contributed by atoms with van der Waals surface area (Å²) >= 11 is 0. The largest absolute Gasteiger partial charge is 0.374 e. The number of likely N-dealkylation sites (N-methyl/N-ethyl adjacent to an activating group) is 1. The van der Waals surface area contributed by atoms with Crippen LogP contribution in [0.4, 0.5) is 0 Å². The lowest BCUT2D eigenvalue weighted by Crippen LogP contribution is -2.50. The van der Waals surface area contributed by atoms with Crippen molar-refractivity contribution >= 4 is 10.8 Å². The normalized spacial score (nSPS) is 15.8. The molecule has 0 aliphatic carbocycles. The van der Waals surface area contributed by atoms with Gasteiger partial charge in [0.05, 0.1) is 5.60 Å². The van der Waals surface area contributed by atoms with Crippen molar-refractivity contribution in [2.45, 2.75) is 45.3 Å². The van der Waals surface area contributed by atoms with Gasteiger partial charge in [-0.2, -0.15) is 0 Å². The second kappa shape index (κ2) is 7.06. The van der Waals surface area contributed by atoms with E-state index >= 15 is 0 Å². The van der Waals surface area contributed by atoms with Crippen LogP contribution in [0.5, 0.6) is 0 Å². The topological polar surface area (TPSA) is 21.3 Å². The van der Waals surface area contributed by atoms with Crippen LogP contribution in [0.2, 0.25) is 0 Å². The van der Waals surface area contributed by atoms with Gasteiger partial charge in [0.2, 0.25) is 0 Å². The van der Waals surface area contributed by atoms with Crippen LogP contribution >= 0.6 is 0 Å². The van der Waals surface area contributed by atoms with Crippen molar-refractivity contribution in [2.75, 3.05) is 13.7 Å². The van der Waals surface area contributed by atoms with Crippen molar-refractivity contribution in [2.24, 2.45) is 0 Å². The molecule has 1 N–H and O–H groups in total. The van der Waals surface area contributed by atoms with Gasteiger partial charge in [-0.25, -0.2) is 0 Å². The van der Waals surface area contributed by atoms with Gasteiger partial charge in [-0.15, -0.1) is 0 Å². The summed E-state index contributed by atoms with van der Waals surface area (Å²) < 4.78 is 6.05. The fourth-order valence-corrected chi connectivity index (χ4v) is 3.09. The van der Waals surface area contributed by atoms with Crippen LogP contribution in [0.1, 0.15) is 32.8 Å². The number of ether oxygens (including phenoxy) is 1. The Labute approximate surface area is 128 Å². The molecule has 0 aliphatic rings. The van der Waals surface area contributed by atoms with E-state index in [2.05, 4.69) is 68.6 Å². The molecule has 2 aromatic carbocycles. The Morgan fingerprint density at radius 3 is 2.48 bits per heavy atom. The van der Waals surface area contributed by atoms with Crippen LogP contribution in [-0.2, 0) is 11.2 Å².